The molecule has 0 bridgehead atoms. The van der Waals surface area contributed by atoms with E-state index in [1.807, 2.05) is 16.6 Å². The van der Waals surface area contributed by atoms with Crippen LogP contribution >= 0.6 is 11.3 Å². The predicted molar refractivity (Wildman–Crippen MR) is 81.6 cm³/mol. The average Bonchev–Trinajstić information content (AvgIpc) is 3.08. The number of fused-ring (bicyclic) bond motifs is 1. The van der Waals surface area contributed by atoms with Crippen LogP contribution < -0.4 is 0 Å². The van der Waals surface area contributed by atoms with Crippen molar-refractivity contribution in [3.8, 4) is 16.3 Å². The number of hydrogen-bond acceptors (Lipinski definition) is 5. The van der Waals surface area contributed by atoms with Crippen molar-refractivity contribution in [3.05, 3.63) is 30.1 Å². The van der Waals surface area contributed by atoms with Gasteiger partial charge >= 0.3 is 0 Å². The second-order valence-corrected chi connectivity index (χ2v) is 6.50. The molecule has 0 saturated heterocycles. The second kappa shape index (κ2) is 5.11. The van der Waals surface area contributed by atoms with Gasteiger partial charge in [-0.15, -0.1) is 10.2 Å². The summed E-state index contributed by atoms with van der Waals surface area (Å²) >= 11 is 1.51. The Labute approximate surface area is 126 Å². The maximum absolute atomic E-state index is 9.60. The molecule has 1 saturated carbocycles. The zero-order chi connectivity index (χ0) is 14.2. The zero-order valence-electron chi connectivity index (χ0n) is 11.6. The summed E-state index contributed by atoms with van der Waals surface area (Å²) in [6, 6.07) is 7.17. The standard InChI is InChI=1S/C15H16N4OS/c20-12-8-4-7-11(9-12)14-18-19-13(16-17-15(19)21-14)10-5-2-1-3-6-10/h4,7-10,20H,1-3,5-6H2. The fourth-order valence-electron chi connectivity index (χ4n) is 3.00. The third-order valence-corrected chi connectivity index (χ3v) is 5.03. The van der Waals surface area contributed by atoms with E-state index in [1.54, 1.807) is 12.1 Å². The van der Waals surface area contributed by atoms with Gasteiger partial charge in [0.25, 0.3) is 0 Å². The highest BCUT2D eigenvalue weighted by molar-refractivity contribution is 7.19. The van der Waals surface area contributed by atoms with E-state index in [0.717, 1.165) is 21.4 Å². The average molecular weight is 300 g/mol. The summed E-state index contributed by atoms with van der Waals surface area (Å²) in [6.45, 7) is 0. The van der Waals surface area contributed by atoms with E-state index < -0.39 is 0 Å². The van der Waals surface area contributed by atoms with Crippen LogP contribution in [0.3, 0.4) is 0 Å². The maximum Gasteiger partial charge on any atom is 0.234 e. The van der Waals surface area contributed by atoms with E-state index in [2.05, 4.69) is 15.3 Å². The summed E-state index contributed by atoms with van der Waals surface area (Å²) in [5.41, 5.74) is 0.917. The summed E-state index contributed by atoms with van der Waals surface area (Å²) in [6.07, 6.45) is 6.22. The molecular formula is C15H16N4OS. The Morgan fingerprint density at radius 3 is 2.81 bits per heavy atom. The lowest BCUT2D eigenvalue weighted by molar-refractivity contribution is 0.423. The molecule has 0 atom stereocenters. The van der Waals surface area contributed by atoms with Crippen molar-refractivity contribution in [1.82, 2.24) is 19.8 Å². The van der Waals surface area contributed by atoms with Crippen LogP contribution in [-0.2, 0) is 0 Å². The Morgan fingerprint density at radius 2 is 2.00 bits per heavy atom. The molecule has 1 aliphatic carbocycles. The Hall–Kier alpha value is -1.95. The van der Waals surface area contributed by atoms with Crippen molar-refractivity contribution in [1.29, 1.82) is 0 Å². The van der Waals surface area contributed by atoms with Crippen molar-refractivity contribution < 1.29 is 5.11 Å². The predicted octanol–water partition coefficient (Wildman–Crippen LogP) is 3.61. The first-order chi connectivity index (χ1) is 10.3. The SMILES string of the molecule is Oc1cccc(-c2nn3c(C4CCCCC4)nnc3s2)c1. The number of benzene rings is 1. The first-order valence-electron chi connectivity index (χ1n) is 7.33. The maximum atomic E-state index is 9.60. The smallest absolute Gasteiger partial charge is 0.234 e. The molecule has 5 nitrogen and oxygen atoms in total. The lowest BCUT2D eigenvalue weighted by atomic mass is 9.89. The number of aromatic hydroxyl groups is 1. The van der Waals surface area contributed by atoms with Crippen LogP contribution in [0.2, 0.25) is 0 Å². The zero-order valence-corrected chi connectivity index (χ0v) is 12.4. The third kappa shape index (κ3) is 2.29. The summed E-state index contributed by atoms with van der Waals surface area (Å²) in [5.74, 6) is 1.73. The van der Waals surface area contributed by atoms with E-state index in [4.69, 9.17) is 0 Å². The fourth-order valence-corrected chi connectivity index (χ4v) is 3.85. The number of hydrogen-bond donors (Lipinski definition) is 1. The molecule has 2 aromatic heterocycles. The van der Waals surface area contributed by atoms with Gasteiger partial charge < -0.3 is 5.11 Å². The number of aromatic nitrogens is 4. The normalized spacial score (nSPS) is 16.6. The Morgan fingerprint density at radius 1 is 1.14 bits per heavy atom. The van der Waals surface area contributed by atoms with Crippen LogP contribution in [0.5, 0.6) is 5.75 Å². The van der Waals surface area contributed by atoms with Crippen LogP contribution in [0.25, 0.3) is 15.5 Å². The van der Waals surface area contributed by atoms with E-state index >= 15 is 0 Å². The molecule has 1 aromatic carbocycles. The van der Waals surface area contributed by atoms with Gasteiger partial charge in [0.15, 0.2) is 5.82 Å². The van der Waals surface area contributed by atoms with Gasteiger partial charge in [-0.2, -0.15) is 9.61 Å². The molecule has 1 aliphatic rings. The molecule has 3 aromatic rings. The van der Waals surface area contributed by atoms with Gasteiger partial charge in [0, 0.05) is 11.5 Å². The quantitative estimate of drug-likeness (QED) is 0.785. The minimum Gasteiger partial charge on any atom is -0.508 e. The largest absolute Gasteiger partial charge is 0.508 e. The highest BCUT2D eigenvalue weighted by Gasteiger charge is 2.23. The van der Waals surface area contributed by atoms with Gasteiger partial charge in [0.2, 0.25) is 4.96 Å². The topological polar surface area (TPSA) is 63.3 Å². The second-order valence-electron chi connectivity index (χ2n) is 5.55. The number of phenolic OH excluding ortho intramolecular Hbond substituents is 1. The molecule has 0 amide bonds. The van der Waals surface area contributed by atoms with Crippen LogP contribution in [0.4, 0.5) is 0 Å². The van der Waals surface area contributed by atoms with Crippen molar-refractivity contribution in [2.24, 2.45) is 0 Å². The highest BCUT2D eigenvalue weighted by Crippen LogP contribution is 2.34. The Bertz CT molecular complexity index is 773. The van der Waals surface area contributed by atoms with Crippen molar-refractivity contribution >= 4 is 16.3 Å². The van der Waals surface area contributed by atoms with Crippen LogP contribution in [0.1, 0.15) is 43.8 Å². The van der Waals surface area contributed by atoms with Gasteiger partial charge in [-0.1, -0.05) is 42.7 Å². The van der Waals surface area contributed by atoms with E-state index in [1.165, 1.54) is 43.4 Å². The first-order valence-corrected chi connectivity index (χ1v) is 8.14. The first kappa shape index (κ1) is 12.8. The molecule has 0 unspecified atom stereocenters. The number of nitrogens with zero attached hydrogens (tertiary/aromatic N) is 4. The van der Waals surface area contributed by atoms with Crippen LogP contribution in [0.15, 0.2) is 24.3 Å². The van der Waals surface area contributed by atoms with E-state index in [0.29, 0.717) is 5.92 Å². The Balaban J connectivity index is 1.75. The van der Waals surface area contributed by atoms with E-state index in [9.17, 15) is 5.11 Å². The third-order valence-electron chi connectivity index (χ3n) is 4.08. The number of rotatable bonds is 2. The molecule has 1 fully saturated rings. The summed E-state index contributed by atoms with van der Waals surface area (Å²) in [5, 5.41) is 23.7. The molecule has 0 spiro atoms. The lowest BCUT2D eigenvalue weighted by Gasteiger charge is -2.18. The van der Waals surface area contributed by atoms with Crippen molar-refractivity contribution in [2.45, 2.75) is 38.0 Å². The van der Waals surface area contributed by atoms with Crippen molar-refractivity contribution in [3.63, 3.8) is 0 Å². The molecule has 21 heavy (non-hydrogen) atoms. The molecule has 108 valence electrons. The van der Waals surface area contributed by atoms with Crippen LogP contribution in [-0.4, -0.2) is 24.9 Å². The molecule has 0 radical (unpaired) electrons. The molecule has 2 heterocycles. The number of phenols is 1. The lowest BCUT2D eigenvalue weighted by Crippen LogP contribution is -2.09. The minimum atomic E-state index is 0.256. The highest BCUT2D eigenvalue weighted by atomic mass is 32.1. The minimum absolute atomic E-state index is 0.256. The van der Waals surface area contributed by atoms with Gasteiger partial charge in [-0.25, -0.2) is 0 Å². The van der Waals surface area contributed by atoms with Gasteiger partial charge in [0.05, 0.1) is 0 Å². The fraction of sp³-hybridized carbons (Fsp3) is 0.400. The van der Waals surface area contributed by atoms with Gasteiger partial charge in [0.1, 0.15) is 10.8 Å². The Kier molecular flexibility index (Phi) is 3.11. The monoisotopic (exact) mass is 300 g/mol. The molecule has 0 aliphatic heterocycles. The van der Waals surface area contributed by atoms with E-state index in [-0.39, 0.29) is 5.75 Å². The molecule has 1 N–H and O–H groups in total. The van der Waals surface area contributed by atoms with Gasteiger partial charge in [-0.3, -0.25) is 0 Å². The van der Waals surface area contributed by atoms with Gasteiger partial charge in [-0.05, 0) is 25.0 Å². The van der Waals surface area contributed by atoms with Crippen molar-refractivity contribution in [2.75, 3.05) is 0 Å². The summed E-state index contributed by atoms with van der Waals surface area (Å²) < 4.78 is 1.89. The van der Waals surface area contributed by atoms with Crippen LogP contribution in [0, 0.1) is 0 Å². The summed E-state index contributed by atoms with van der Waals surface area (Å²) in [7, 11) is 0. The summed E-state index contributed by atoms with van der Waals surface area (Å²) in [4.78, 5) is 0.828. The molecular weight excluding hydrogens is 284 g/mol. The molecule has 4 rings (SSSR count). The molecule has 6 heteroatoms.